The first-order valence-electron chi connectivity index (χ1n) is 12.3. The molecule has 0 radical (unpaired) electrons. The number of halogens is 8. The summed E-state index contributed by atoms with van der Waals surface area (Å²) in [5, 5.41) is 8.32. The highest BCUT2D eigenvalue weighted by Crippen LogP contribution is 2.41. The molecule has 220 valence electrons. The lowest BCUT2D eigenvalue weighted by atomic mass is 9.97. The van der Waals surface area contributed by atoms with Crippen molar-refractivity contribution in [1.29, 1.82) is 0 Å². The fourth-order valence-corrected chi connectivity index (χ4v) is 3.68. The van der Waals surface area contributed by atoms with Gasteiger partial charge in [-0.15, -0.1) is 0 Å². The smallest absolute Gasteiger partial charge is 0.363 e. The molecule has 1 saturated carbocycles. The van der Waals surface area contributed by atoms with Crippen molar-refractivity contribution >= 4 is 30.1 Å². The van der Waals surface area contributed by atoms with E-state index in [9.17, 15) is 39.9 Å². The molecule has 1 amide bonds. The van der Waals surface area contributed by atoms with E-state index in [1.54, 1.807) is 18.2 Å². The number of hydrogen-bond acceptors (Lipinski definition) is 5. The molecule has 5 nitrogen and oxygen atoms in total. The van der Waals surface area contributed by atoms with Gasteiger partial charge in [0, 0.05) is 32.4 Å². The second-order valence-corrected chi connectivity index (χ2v) is 10.2. The van der Waals surface area contributed by atoms with Gasteiger partial charge in [0.25, 0.3) is 0 Å². The number of carbonyl (C=O) groups is 1. The number of nitrogens with one attached hydrogen (secondary N) is 4. The minimum absolute atomic E-state index is 0.118. The number of amides is 1. The van der Waals surface area contributed by atoms with Gasteiger partial charge in [0.15, 0.2) is 5.92 Å². The van der Waals surface area contributed by atoms with Crippen LogP contribution in [-0.4, -0.2) is 36.9 Å². The normalized spacial score (nSPS) is 18.3. The second kappa shape index (κ2) is 15.0. The van der Waals surface area contributed by atoms with Crippen LogP contribution in [0.25, 0.3) is 0 Å². The van der Waals surface area contributed by atoms with Crippen molar-refractivity contribution in [3.8, 4) is 0 Å². The standard InChI is InChI=1S/C14H16F6N4OS.C6H10F2.C4H10/c15-13(16,17)10(14(18,19)20)4-12(25)21-5-7-1-2-8-9(3-7)24-11(23-8)6-22-26;7-6(8)4-2-1-3-5-6;1-4(2)3/h1-3,10-11,22-24,26H,4-6H2,(H,21,25);1-5H2;4H,1-3H3. The molecule has 1 unspecified atom stereocenters. The Morgan fingerprint density at radius 2 is 1.53 bits per heavy atom. The zero-order valence-electron chi connectivity index (χ0n) is 21.5. The highest BCUT2D eigenvalue weighted by molar-refractivity contribution is 7.78. The van der Waals surface area contributed by atoms with Gasteiger partial charge < -0.3 is 16.0 Å². The molecule has 4 N–H and O–H groups in total. The second-order valence-electron chi connectivity index (χ2n) is 9.85. The number of hydrogen-bond donors (Lipinski definition) is 5. The summed E-state index contributed by atoms with van der Waals surface area (Å²) in [6.07, 6.45) is -10.2. The molecule has 1 aliphatic carbocycles. The number of rotatable bonds is 6. The van der Waals surface area contributed by atoms with Crippen LogP contribution >= 0.6 is 12.8 Å². The Balaban J connectivity index is 0.000000495. The number of anilines is 2. The largest absolute Gasteiger partial charge is 0.400 e. The third-order valence-electron chi connectivity index (χ3n) is 5.29. The van der Waals surface area contributed by atoms with Crippen LogP contribution in [0.5, 0.6) is 0 Å². The molecule has 1 aliphatic heterocycles. The summed E-state index contributed by atoms with van der Waals surface area (Å²) < 4.78 is 102. The van der Waals surface area contributed by atoms with Crippen LogP contribution in [0.1, 0.15) is 64.9 Å². The van der Waals surface area contributed by atoms with Crippen molar-refractivity contribution in [2.75, 3.05) is 17.2 Å². The summed E-state index contributed by atoms with van der Waals surface area (Å²) in [5.41, 5.74) is 2.01. The van der Waals surface area contributed by atoms with E-state index in [4.69, 9.17) is 0 Å². The first kappa shape index (κ1) is 34.1. The van der Waals surface area contributed by atoms with Crippen LogP contribution in [0.3, 0.4) is 0 Å². The lowest BCUT2D eigenvalue weighted by Gasteiger charge is -2.22. The van der Waals surface area contributed by atoms with E-state index < -0.39 is 36.5 Å². The molecule has 1 aromatic carbocycles. The lowest BCUT2D eigenvalue weighted by Crippen LogP contribution is -2.40. The Bertz CT molecular complexity index is 840. The number of fused-ring (bicyclic) bond motifs is 1. The SMILES string of the molecule is CC(C)C.FC1(F)CCCCC1.O=C(CC(C(F)(F)F)C(F)(F)F)NCc1ccc2c(c1)NC(CNS)N2. The van der Waals surface area contributed by atoms with Crippen LogP contribution < -0.4 is 20.7 Å². The summed E-state index contributed by atoms with van der Waals surface area (Å²) in [5.74, 6) is -6.50. The van der Waals surface area contributed by atoms with E-state index >= 15 is 0 Å². The van der Waals surface area contributed by atoms with Gasteiger partial charge in [-0.1, -0.05) is 46.1 Å². The van der Waals surface area contributed by atoms with Crippen LogP contribution in [-0.2, 0) is 11.3 Å². The third kappa shape index (κ3) is 13.2. The molecule has 1 atom stereocenters. The van der Waals surface area contributed by atoms with Crippen molar-refractivity contribution in [3.05, 3.63) is 23.8 Å². The predicted octanol–water partition coefficient (Wildman–Crippen LogP) is 7.28. The molecule has 38 heavy (non-hydrogen) atoms. The summed E-state index contributed by atoms with van der Waals surface area (Å²) in [6.45, 7) is 6.81. The molecule has 1 aromatic rings. The van der Waals surface area contributed by atoms with Crippen molar-refractivity contribution < 1.29 is 39.9 Å². The monoisotopic (exact) mass is 580 g/mol. The van der Waals surface area contributed by atoms with Gasteiger partial charge in [0.1, 0.15) is 6.17 Å². The minimum Gasteiger partial charge on any atom is -0.363 e. The Morgan fingerprint density at radius 1 is 1.00 bits per heavy atom. The zero-order chi connectivity index (χ0) is 29.1. The van der Waals surface area contributed by atoms with E-state index in [2.05, 4.69) is 54.3 Å². The molecule has 3 rings (SSSR count). The van der Waals surface area contributed by atoms with E-state index in [1.807, 2.05) is 0 Å². The van der Waals surface area contributed by atoms with Crippen LogP contribution in [0.4, 0.5) is 46.5 Å². The van der Waals surface area contributed by atoms with Crippen molar-refractivity contribution in [2.24, 2.45) is 11.8 Å². The van der Waals surface area contributed by atoms with Gasteiger partial charge in [0.2, 0.25) is 11.8 Å². The lowest BCUT2D eigenvalue weighted by molar-refractivity contribution is -0.284. The van der Waals surface area contributed by atoms with Crippen LogP contribution in [0.15, 0.2) is 18.2 Å². The van der Waals surface area contributed by atoms with Crippen LogP contribution in [0, 0.1) is 11.8 Å². The average Bonchev–Trinajstić information content (AvgIpc) is 3.16. The van der Waals surface area contributed by atoms with E-state index in [0.717, 1.165) is 18.0 Å². The van der Waals surface area contributed by atoms with Crippen molar-refractivity contribution in [2.45, 2.75) is 90.3 Å². The molecule has 0 aromatic heterocycles. The van der Waals surface area contributed by atoms with Gasteiger partial charge in [-0.2, -0.15) is 26.3 Å². The maximum atomic E-state index is 12.5. The summed E-state index contributed by atoms with van der Waals surface area (Å²) in [7, 11) is 0. The third-order valence-corrected chi connectivity index (χ3v) is 5.48. The molecule has 1 heterocycles. The van der Waals surface area contributed by atoms with E-state index in [-0.39, 0.29) is 25.6 Å². The number of carbonyl (C=O) groups excluding carboxylic acids is 1. The van der Waals surface area contributed by atoms with Gasteiger partial charge in [0.05, 0.1) is 11.4 Å². The molecule has 0 saturated heterocycles. The molecule has 1 fully saturated rings. The fourth-order valence-electron chi connectivity index (χ4n) is 3.50. The van der Waals surface area contributed by atoms with E-state index in [0.29, 0.717) is 30.6 Å². The quantitative estimate of drug-likeness (QED) is 0.181. The molecular formula is C24H36F8N4OS. The number of alkyl halides is 8. The number of benzene rings is 1. The van der Waals surface area contributed by atoms with Crippen molar-refractivity contribution in [3.63, 3.8) is 0 Å². The highest BCUT2D eigenvalue weighted by atomic mass is 32.1. The van der Waals surface area contributed by atoms with Crippen molar-refractivity contribution in [1.82, 2.24) is 10.0 Å². The first-order chi connectivity index (χ1) is 17.4. The fraction of sp³-hybridized carbons (Fsp3) is 0.708. The zero-order valence-corrected chi connectivity index (χ0v) is 22.4. The molecule has 14 heteroatoms. The Morgan fingerprint density at radius 3 is 1.97 bits per heavy atom. The Kier molecular flexibility index (Phi) is 13.4. The maximum Gasteiger partial charge on any atom is 0.400 e. The molecule has 0 spiro atoms. The van der Waals surface area contributed by atoms with Gasteiger partial charge in [-0.05, 0) is 36.5 Å². The summed E-state index contributed by atoms with van der Waals surface area (Å²) >= 11 is 3.88. The average molecular weight is 581 g/mol. The van der Waals surface area contributed by atoms with Gasteiger partial charge in [-0.25, -0.2) is 8.78 Å². The highest BCUT2D eigenvalue weighted by Gasteiger charge is 2.57. The Hall–Kier alpha value is -1.96. The number of thiol groups is 1. The molecule has 0 bridgehead atoms. The first-order valence-corrected chi connectivity index (χ1v) is 12.7. The maximum absolute atomic E-state index is 12.5. The van der Waals surface area contributed by atoms with Gasteiger partial charge >= 0.3 is 12.4 Å². The summed E-state index contributed by atoms with van der Waals surface area (Å²) in [4.78, 5) is 11.5. The molecule has 2 aliphatic rings. The minimum atomic E-state index is -5.53. The van der Waals surface area contributed by atoms with E-state index in [1.165, 1.54) is 0 Å². The topological polar surface area (TPSA) is 65.2 Å². The van der Waals surface area contributed by atoms with Gasteiger partial charge in [-0.3, -0.25) is 9.52 Å². The predicted molar refractivity (Wildman–Crippen MR) is 135 cm³/mol. The molecular weight excluding hydrogens is 544 g/mol. The summed E-state index contributed by atoms with van der Waals surface area (Å²) in [6, 6.07) is 4.94. The van der Waals surface area contributed by atoms with Crippen LogP contribution in [0.2, 0.25) is 0 Å². The Labute approximate surface area is 223 Å².